The molecule has 0 spiro atoms. The van der Waals surface area contributed by atoms with Gasteiger partial charge in [-0.15, -0.1) is 0 Å². The van der Waals surface area contributed by atoms with Crippen LogP contribution in [0.25, 0.3) is 0 Å². The zero-order chi connectivity index (χ0) is 13.2. The molecule has 106 valence electrons. The number of piperazine rings is 1. The van der Waals surface area contributed by atoms with Crippen molar-refractivity contribution in [2.45, 2.75) is 25.4 Å². The minimum Gasteiger partial charge on any atom is -0.374 e. The largest absolute Gasteiger partial charge is 0.374 e. The lowest BCUT2D eigenvalue weighted by Crippen LogP contribution is -2.53. The molecule has 0 radical (unpaired) electrons. The molecule has 0 aromatic heterocycles. The summed E-state index contributed by atoms with van der Waals surface area (Å²) in [5.41, 5.74) is -0.334. The Balaban J connectivity index is 1.87. The normalized spacial score (nSPS) is 31.9. The maximum atomic E-state index is 12.1. The zero-order valence-electron chi connectivity index (χ0n) is 11.2. The molecule has 0 aromatic carbocycles. The summed E-state index contributed by atoms with van der Waals surface area (Å²) in [5.74, 6) is 0. The molecular formula is C11H23N3O3S. The Morgan fingerprint density at radius 1 is 1.28 bits per heavy atom. The van der Waals surface area contributed by atoms with E-state index in [1.54, 1.807) is 0 Å². The van der Waals surface area contributed by atoms with Crippen molar-refractivity contribution in [1.82, 2.24) is 13.9 Å². The highest BCUT2D eigenvalue weighted by Crippen LogP contribution is 2.24. The van der Waals surface area contributed by atoms with E-state index < -0.39 is 10.2 Å². The van der Waals surface area contributed by atoms with Crippen molar-refractivity contribution in [3.8, 4) is 0 Å². The van der Waals surface area contributed by atoms with Gasteiger partial charge < -0.3 is 9.64 Å². The van der Waals surface area contributed by atoms with Gasteiger partial charge in [-0.05, 0) is 26.8 Å². The van der Waals surface area contributed by atoms with Gasteiger partial charge in [0.15, 0.2) is 0 Å². The Labute approximate surface area is 109 Å². The summed E-state index contributed by atoms with van der Waals surface area (Å²) >= 11 is 0. The highest BCUT2D eigenvalue weighted by Gasteiger charge is 2.33. The van der Waals surface area contributed by atoms with Gasteiger partial charge in [-0.2, -0.15) is 17.4 Å². The van der Waals surface area contributed by atoms with E-state index in [2.05, 4.69) is 9.62 Å². The first kappa shape index (κ1) is 14.2. The predicted octanol–water partition coefficient (Wildman–Crippen LogP) is -0.363. The molecule has 0 saturated carbocycles. The number of nitrogens with one attached hydrogen (secondary N) is 1. The lowest BCUT2D eigenvalue weighted by molar-refractivity contribution is 0.0246. The number of nitrogens with zero attached hydrogens (tertiary/aromatic N) is 2. The van der Waals surface area contributed by atoms with Crippen LogP contribution in [0.15, 0.2) is 0 Å². The van der Waals surface area contributed by atoms with E-state index in [0.29, 0.717) is 19.6 Å². The third-order valence-corrected chi connectivity index (χ3v) is 5.29. The van der Waals surface area contributed by atoms with Crippen LogP contribution >= 0.6 is 0 Å². The quantitative estimate of drug-likeness (QED) is 0.762. The van der Waals surface area contributed by atoms with Crippen LogP contribution in [0, 0.1) is 0 Å². The molecule has 2 fully saturated rings. The van der Waals surface area contributed by atoms with E-state index in [1.807, 2.05) is 14.0 Å². The average Bonchev–Trinajstić information content (AvgIpc) is 2.75. The van der Waals surface area contributed by atoms with E-state index in [9.17, 15) is 8.42 Å². The molecule has 1 unspecified atom stereocenters. The van der Waals surface area contributed by atoms with Gasteiger partial charge in [0.25, 0.3) is 10.2 Å². The molecule has 2 saturated heterocycles. The summed E-state index contributed by atoms with van der Waals surface area (Å²) in [6.45, 7) is 5.75. The minimum atomic E-state index is -3.36. The molecule has 6 nitrogen and oxygen atoms in total. The molecular weight excluding hydrogens is 254 g/mol. The molecule has 0 amide bonds. The highest BCUT2D eigenvalue weighted by molar-refractivity contribution is 7.87. The van der Waals surface area contributed by atoms with Gasteiger partial charge in [0, 0.05) is 39.3 Å². The second-order valence-electron chi connectivity index (χ2n) is 5.43. The van der Waals surface area contributed by atoms with Crippen molar-refractivity contribution in [3.63, 3.8) is 0 Å². The van der Waals surface area contributed by atoms with E-state index in [0.717, 1.165) is 32.5 Å². The first-order chi connectivity index (χ1) is 8.41. The lowest BCUT2D eigenvalue weighted by atomic mass is 10.0. The van der Waals surface area contributed by atoms with Crippen LogP contribution in [0.2, 0.25) is 0 Å². The SMILES string of the molecule is CN1CCN(S(=O)(=O)NCC2(C)CCCO2)CC1. The molecule has 2 aliphatic rings. The van der Waals surface area contributed by atoms with Gasteiger partial charge in [-0.25, -0.2) is 0 Å². The Morgan fingerprint density at radius 2 is 1.94 bits per heavy atom. The predicted molar refractivity (Wildman–Crippen MR) is 69.6 cm³/mol. The van der Waals surface area contributed by atoms with Gasteiger partial charge in [0.1, 0.15) is 0 Å². The van der Waals surface area contributed by atoms with Crippen LogP contribution < -0.4 is 4.72 Å². The van der Waals surface area contributed by atoms with Crippen molar-refractivity contribution >= 4 is 10.2 Å². The molecule has 7 heteroatoms. The second-order valence-corrected chi connectivity index (χ2v) is 7.19. The number of hydrogen-bond donors (Lipinski definition) is 1. The molecule has 18 heavy (non-hydrogen) atoms. The first-order valence-corrected chi connectivity index (χ1v) is 7.93. The van der Waals surface area contributed by atoms with Crippen LogP contribution in [-0.4, -0.2) is 69.6 Å². The molecule has 2 heterocycles. The van der Waals surface area contributed by atoms with Crippen LogP contribution in [0.1, 0.15) is 19.8 Å². The molecule has 2 aliphatic heterocycles. The average molecular weight is 277 g/mol. The first-order valence-electron chi connectivity index (χ1n) is 6.49. The van der Waals surface area contributed by atoms with E-state index in [1.165, 1.54) is 4.31 Å². The fourth-order valence-corrected chi connectivity index (χ4v) is 3.65. The van der Waals surface area contributed by atoms with E-state index >= 15 is 0 Å². The van der Waals surface area contributed by atoms with Crippen molar-refractivity contribution in [2.24, 2.45) is 0 Å². The molecule has 1 atom stereocenters. The van der Waals surface area contributed by atoms with E-state index in [-0.39, 0.29) is 5.60 Å². The fraction of sp³-hybridized carbons (Fsp3) is 1.00. The third kappa shape index (κ3) is 3.42. The molecule has 0 bridgehead atoms. The van der Waals surface area contributed by atoms with Gasteiger partial charge in [0.2, 0.25) is 0 Å². The van der Waals surface area contributed by atoms with Crippen LogP contribution in [-0.2, 0) is 14.9 Å². The molecule has 0 aromatic rings. The van der Waals surface area contributed by atoms with E-state index in [4.69, 9.17) is 4.74 Å². The molecule has 1 N–H and O–H groups in total. The van der Waals surface area contributed by atoms with Crippen LogP contribution in [0.5, 0.6) is 0 Å². The summed E-state index contributed by atoms with van der Waals surface area (Å²) in [4.78, 5) is 2.13. The fourth-order valence-electron chi connectivity index (χ4n) is 2.34. The van der Waals surface area contributed by atoms with Crippen molar-refractivity contribution < 1.29 is 13.2 Å². The maximum absolute atomic E-state index is 12.1. The topological polar surface area (TPSA) is 61.9 Å². The number of likely N-dealkylation sites (N-methyl/N-ethyl adjacent to an activating group) is 1. The van der Waals surface area contributed by atoms with Crippen molar-refractivity contribution in [3.05, 3.63) is 0 Å². The Bertz CT molecular complexity index is 371. The summed E-state index contributed by atoms with van der Waals surface area (Å²) in [7, 11) is -1.35. The Morgan fingerprint density at radius 3 is 2.50 bits per heavy atom. The van der Waals surface area contributed by atoms with Gasteiger partial charge in [-0.1, -0.05) is 0 Å². The summed E-state index contributed by atoms with van der Waals surface area (Å²) in [5, 5.41) is 0. The highest BCUT2D eigenvalue weighted by atomic mass is 32.2. The summed E-state index contributed by atoms with van der Waals surface area (Å²) in [6, 6.07) is 0. The lowest BCUT2D eigenvalue weighted by Gasteiger charge is -2.32. The van der Waals surface area contributed by atoms with Crippen molar-refractivity contribution in [2.75, 3.05) is 46.4 Å². The Kier molecular flexibility index (Phi) is 4.28. The Hall–Kier alpha value is -0.210. The second kappa shape index (κ2) is 5.42. The third-order valence-electron chi connectivity index (χ3n) is 3.73. The molecule has 2 rings (SSSR count). The number of rotatable bonds is 4. The summed E-state index contributed by atoms with van der Waals surface area (Å²) in [6.07, 6.45) is 1.92. The van der Waals surface area contributed by atoms with Crippen molar-refractivity contribution in [1.29, 1.82) is 0 Å². The number of hydrogen-bond acceptors (Lipinski definition) is 4. The van der Waals surface area contributed by atoms with Crippen LogP contribution in [0.3, 0.4) is 0 Å². The smallest absolute Gasteiger partial charge is 0.279 e. The van der Waals surface area contributed by atoms with Gasteiger partial charge >= 0.3 is 0 Å². The minimum absolute atomic E-state index is 0.334. The van der Waals surface area contributed by atoms with Gasteiger partial charge in [-0.3, -0.25) is 0 Å². The number of ether oxygens (including phenoxy) is 1. The standard InChI is InChI=1S/C11H23N3O3S/c1-11(4-3-9-17-11)10-12-18(15,16)14-7-5-13(2)6-8-14/h12H,3-10H2,1-2H3. The summed E-state index contributed by atoms with van der Waals surface area (Å²) < 4.78 is 34.1. The van der Waals surface area contributed by atoms with Crippen LogP contribution in [0.4, 0.5) is 0 Å². The molecule has 0 aliphatic carbocycles. The zero-order valence-corrected chi connectivity index (χ0v) is 12.0. The maximum Gasteiger partial charge on any atom is 0.279 e. The monoisotopic (exact) mass is 277 g/mol. The van der Waals surface area contributed by atoms with Gasteiger partial charge in [0.05, 0.1) is 5.60 Å².